The Kier molecular flexibility index (Phi) is 6.53. The van der Waals surface area contributed by atoms with Gasteiger partial charge in [-0.25, -0.2) is 4.98 Å². The molecule has 6 heteroatoms. The van der Waals surface area contributed by atoms with Gasteiger partial charge in [0.05, 0.1) is 32.5 Å². The molecule has 6 rings (SSSR count). The number of thiazole rings is 1. The minimum atomic E-state index is 0.308. The van der Waals surface area contributed by atoms with Crippen molar-refractivity contribution >= 4 is 21.6 Å². The molecule has 0 amide bonds. The summed E-state index contributed by atoms with van der Waals surface area (Å²) in [6.07, 6.45) is 0. The zero-order valence-corrected chi connectivity index (χ0v) is 22.3. The van der Waals surface area contributed by atoms with Gasteiger partial charge in [-0.05, 0) is 88.0 Å². The minimum absolute atomic E-state index is 0.308. The van der Waals surface area contributed by atoms with Gasteiger partial charge in [-0.1, -0.05) is 48.5 Å². The van der Waals surface area contributed by atoms with Gasteiger partial charge >= 0.3 is 0 Å². The molecule has 6 aromatic rings. The lowest BCUT2D eigenvalue weighted by molar-refractivity contribution is 1.42. The van der Waals surface area contributed by atoms with Crippen LogP contribution in [0.3, 0.4) is 0 Å². The molecule has 0 aliphatic carbocycles. The van der Waals surface area contributed by atoms with Gasteiger partial charge < -0.3 is 0 Å². The van der Waals surface area contributed by atoms with Gasteiger partial charge in [0.2, 0.25) is 0 Å². The number of hydrogen-bond donors (Lipinski definition) is 0. The molecule has 0 aliphatic rings. The van der Waals surface area contributed by atoms with Crippen molar-refractivity contribution in [1.29, 1.82) is 21.0 Å². The normalized spacial score (nSPS) is 10.3. The summed E-state index contributed by atoms with van der Waals surface area (Å²) in [5.74, 6) is 0. The zero-order valence-electron chi connectivity index (χ0n) is 21.5. The summed E-state index contributed by atoms with van der Waals surface area (Å²) in [6.45, 7) is 0. The highest BCUT2D eigenvalue weighted by molar-refractivity contribution is 7.21. The lowest BCUT2D eigenvalue weighted by Crippen LogP contribution is -1.90. The Labute approximate surface area is 240 Å². The van der Waals surface area contributed by atoms with Crippen LogP contribution in [0.25, 0.3) is 54.2 Å². The Balaban J connectivity index is 1.48. The number of nitriles is 4. The lowest BCUT2D eigenvalue weighted by atomic mass is 9.91. The Morgan fingerprint density at radius 3 is 1.41 bits per heavy atom. The maximum atomic E-state index is 9.60. The van der Waals surface area contributed by atoms with Crippen molar-refractivity contribution in [3.63, 3.8) is 0 Å². The van der Waals surface area contributed by atoms with Crippen LogP contribution < -0.4 is 0 Å². The molecule has 188 valence electrons. The van der Waals surface area contributed by atoms with E-state index in [1.165, 1.54) is 0 Å². The van der Waals surface area contributed by atoms with E-state index >= 15 is 0 Å². The Bertz CT molecular complexity index is 2020. The Hall–Kier alpha value is -6.05. The molecule has 0 N–H and O–H groups in total. The van der Waals surface area contributed by atoms with Crippen molar-refractivity contribution in [3.8, 4) is 68.2 Å². The van der Waals surface area contributed by atoms with Crippen LogP contribution in [-0.4, -0.2) is 4.98 Å². The molecule has 0 spiro atoms. The first kappa shape index (κ1) is 25.2. The molecule has 0 unspecified atom stereocenters. The molecule has 0 saturated carbocycles. The van der Waals surface area contributed by atoms with Crippen LogP contribution in [0.1, 0.15) is 22.3 Å². The highest BCUT2D eigenvalue weighted by atomic mass is 32.1. The van der Waals surface area contributed by atoms with Crippen LogP contribution >= 0.6 is 11.3 Å². The fourth-order valence-electron chi connectivity index (χ4n) is 4.76. The predicted molar refractivity (Wildman–Crippen MR) is 160 cm³/mol. The van der Waals surface area contributed by atoms with E-state index in [0.29, 0.717) is 22.3 Å². The third kappa shape index (κ3) is 4.80. The minimum Gasteiger partial charge on any atom is -0.236 e. The Morgan fingerprint density at radius 1 is 0.439 bits per heavy atom. The SMILES string of the molecule is N#Cc1ccc(-c2cc(-c3ccc(-c4nc5ccccc5s4)cc3)cc(-c3ccc(C#N)c(C#N)c3)c2)cc1C#N. The van der Waals surface area contributed by atoms with E-state index in [-0.39, 0.29) is 0 Å². The average Bonchev–Trinajstić information content (AvgIpc) is 3.48. The first-order chi connectivity index (χ1) is 20.1. The molecule has 0 saturated heterocycles. The standard InChI is InChI=1S/C35H17N5S/c36-18-26-11-9-24(13-31(26)20-38)29-15-28(16-30(17-29)25-10-12-27(19-37)32(14-25)21-39)22-5-7-23(8-6-22)35-40-33-3-1-2-4-34(33)41-35/h1-17H. The number of rotatable bonds is 4. The van der Waals surface area contributed by atoms with Gasteiger partial charge in [0.1, 0.15) is 29.3 Å². The van der Waals surface area contributed by atoms with Crippen molar-refractivity contribution in [3.05, 3.63) is 125 Å². The fraction of sp³-hybridized carbons (Fsp3) is 0. The van der Waals surface area contributed by atoms with Crippen molar-refractivity contribution < 1.29 is 0 Å². The van der Waals surface area contributed by atoms with Crippen LogP contribution in [0.2, 0.25) is 0 Å². The molecular weight excluding hydrogens is 522 g/mol. The van der Waals surface area contributed by atoms with Crippen LogP contribution in [-0.2, 0) is 0 Å². The van der Waals surface area contributed by atoms with E-state index in [1.54, 1.807) is 35.6 Å². The third-order valence-electron chi connectivity index (χ3n) is 6.88. The summed E-state index contributed by atoms with van der Waals surface area (Å²) in [5.41, 5.74) is 8.51. The largest absolute Gasteiger partial charge is 0.236 e. The van der Waals surface area contributed by atoms with E-state index in [9.17, 15) is 21.0 Å². The van der Waals surface area contributed by atoms with Gasteiger partial charge in [0.15, 0.2) is 0 Å². The predicted octanol–water partition coefficient (Wildman–Crippen LogP) is 8.45. The van der Waals surface area contributed by atoms with Crippen LogP contribution in [0.5, 0.6) is 0 Å². The maximum Gasteiger partial charge on any atom is 0.124 e. The molecule has 0 aliphatic heterocycles. The van der Waals surface area contributed by atoms with Gasteiger partial charge in [-0.3, -0.25) is 0 Å². The van der Waals surface area contributed by atoms with Crippen molar-refractivity contribution in [2.24, 2.45) is 0 Å². The second-order valence-electron chi connectivity index (χ2n) is 9.33. The third-order valence-corrected chi connectivity index (χ3v) is 7.97. The summed E-state index contributed by atoms with van der Waals surface area (Å²) in [4.78, 5) is 4.77. The monoisotopic (exact) mass is 539 g/mol. The van der Waals surface area contributed by atoms with E-state index in [0.717, 1.165) is 54.2 Å². The highest BCUT2D eigenvalue weighted by Gasteiger charge is 2.13. The summed E-state index contributed by atoms with van der Waals surface area (Å²) in [5, 5.41) is 38.9. The van der Waals surface area contributed by atoms with Crippen LogP contribution in [0.15, 0.2) is 103 Å². The van der Waals surface area contributed by atoms with E-state index in [1.807, 2.05) is 48.5 Å². The maximum absolute atomic E-state index is 9.60. The van der Waals surface area contributed by atoms with Gasteiger partial charge in [0, 0.05) is 5.56 Å². The molecule has 1 heterocycles. The molecule has 1 aromatic heterocycles. The first-order valence-corrected chi connectivity index (χ1v) is 13.4. The number of hydrogen-bond acceptors (Lipinski definition) is 6. The van der Waals surface area contributed by atoms with Crippen LogP contribution in [0.4, 0.5) is 0 Å². The zero-order chi connectivity index (χ0) is 28.3. The number of fused-ring (bicyclic) bond motifs is 1. The van der Waals surface area contributed by atoms with Crippen LogP contribution in [0, 0.1) is 45.3 Å². The van der Waals surface area contributed by atoms with Gasteiger partial charge in [-0.2, -0.15) is 21.0 Å². The van der Waals surface area contributed by atoms with Crippen molar-refractivity contribution in [1.82, 2.24) is 4.98 Å². The molecular formula is C35H17N5S. The molecule has 0 fully saturated rings. The molecule has 5 nitrogen and oxygen atoms in total. The quantitative estimate of drug-likeness (QED) is 0.223. The lowest BCUT2D eigenvalue weighted by Gasteiger charge is -2.12. The number of benzene rings is 5. The highest BCUT2D eigenvalue weighted by Crippen LogP contribution is 2.36. The topological polar surface area (TPSA) is 108 Å². The molecule has 0 radical (unpaired) electrons. The summed E-state index contributed by atoms with van der Waals surface area (Å²) in [6, 6.07) is 41.2. The van der Waals surface area contributed by atoms with E-state index in [2.05, 4.69) is 54.6 Å². The van der Waals surface area contributed by atoms with Gasteiger partial charge in [0.25, 0.3) is 0 Å². The molecule has 5 aromatic carbocycles. The fourth-order valence-corrected chi connectivity index (χ4v) is 5.73. The first-order valence-electron chi connectivity index (χ1n) is 12.6. The van der Waals surface area contributed by atoms with Gasteiger partial charge in [-0.15, -0.1) is 11.3 Å². The number of aromatic nitrogens is 1. The number of nitrogens with zero attached hydrogens (tertiary/aromatic N) is 5. The summed E-state index contributed by atoms with van der Waals surface area (Å²) in [7, 11) is 0. The molecule has 0 bridgehead atoms. The number of para-hydroxylation sites is 1. The second-order valence-corrected chi connectivity index (χ2v) is 10.4. The average molecular weight is 540 g/mol. The van der Waals surface area contributed by atoms with Crippen molar-refractivity contribution in [2.45, 2.75) is 0 Å². The Morgan fingerprint density at radius 2 is 0.902 bits per heavy atom. The second kappa shape index (κ2) is 10.6. The molecule has 41 heavy (non-hydrogen) atoms. The van der Waals surface area contributed by atoms with E-state index < -0.39 is 0 Å². The summed E-state index contributed by atoms with van der Waals surface area (Å²) >= 11 is 1.65. The smallest absolute Gasteiger partial charge is 0.124 e. The molecule has 0 atom stereocenters. The van der Waals surface area contributed by atoms with Crippen molar-refractivity contribution in [2.75, 3.05) is 0 Å². The van der Waals surface area contributed by atoms with E-state index in [4.69, 9.17) is 4.98 Å². The summed E-state index contributed by atoms with van der Waals surface area (Å²) < 4.78 is 1.14.